The molecule has 0 aromatic heterocycles. The van der Waals surface area contributed by atoms with E-state index in [0.29, 0.717) is 0 Å². The third-order valence-electron chi connectivity index (χ3n) is 3.57. The highest BCUT2D eigenvalue weighted by Crippen LogP contribution is 2.17. The molecule has 2 rings (SSSR count). The Labute approximate surface area is 120 Å². The number of rotatable bonds is 5. The molecule has 0 spiro atoms. The summed E-state index contributed by atoms with van der Waals surface area (Å²) in [6.07, 6.45) is 1.12. The Morgan fingerprint density at radius 1 is 1.20 bits per heavy atom. The minimum atomic E-state index is -0.372. The maximum Gasteiger partial charge on any atom is 0.247 e. The van der Waals surface area contributed by atoms with E-state index >= 15 is 0 Å². The van der Waals surface area contributed by atoms with Crippen molar-refractivity contribution >= 4 is 11.8 Å². The van der Waals surface area contributed by atoms with Crippen molar-refractivity contribution in [3.63, 3.8) is 0 Å². The molecular formula is C16H22N2O2. The molecule has 4 heteroatoms. The van der Waals surface area contributed by atoms with Gasteiger partial charge in [0, 0.05) is 12.1 Å². The molecule has 0 bridgehead atoms. The van der Waals surface area contributed by atoms with E-state index in [1.165, 1.54) is 10.5 Å². The van der Waals surface area contributed by atoms with Gasteiger partial charge in [-0.2, -0.15) is 0 Å². The van der Waals surface area contributed by atoms with Crippen LogP contribution >= 0.6 is 0 Å². The molecule has 1 aliphatic heterocycles. The van der Waals surface area contributed by atoms with Gasteiger partial charge in [0.2, 0.25) is 11.8 Å². The summed E-state index contributed by atoms with van der Waals surface area (Å²) in [4.78, 5) is 25.4. The molecule has 4 nitrogen and oxygen atoms in total. The van der Waals surface area contributed by atoms with Crippen molar-refractivity contribution in [1.29, 1.82) is 0 Å². The van der Waals surface area contributed by atoms with Crippen molar-refractivity contribution in [3.8, 4) is 0 Å². The zero-order valence-corrected chi connectivity index (χ0v) is 12.3. The van der Waals surface area contributed by atoms with Gasteiger partial charge in [0.25, 0.3) is 0 Å². The van der Waals surface area contributed by atoms with Gasteiger partial charge < -0.3 is 5.32 Å². The predicted octanol–water partition coefficient (Wildman–Crippen LogP) is 1.74. The number of benzene rings is 1. The van der Waals surface area contributed by atoms with Crippen LogP contribution in [-0.2, 0) is 16.0 Å². The minimum absolute atomic E-state index is 0.0637. The lowest BCUT2D eigenvalue weighted by Crippen LogP contribution is -2.45. The Kier molecular flexibility index (Phi) is 4.55. The maximum absolute atomic E-state index is 12.2. The van der Waals surface area contributed by atoms with Crippen LogP contribution in [0.4, 0.5) is 0 Å². The van der Waals surface area contributed by atoms with Gasteiger partial charge in [0.15, 0.2) is 0 Å². The molecule has 20 heavy (non-hydrogen) atoms. The van der Waals surface area contributed by atoms with E-state index in [0.717, 1.165) is 6.42 Å². The van der Waals surface area contributed by atoms with E-state index in [2.05, 4.69) is 17.4 Å². The normalized spacial score (nSPS) is 20.8. The van der Waals surface area contributed by atoms with Crippen molar-refractivity contribution in [2.75, 3.05) is 0 Å². The van der Waals surface area contributed by atoms with E-state index in [4.69, 9.17) is 0 Å². The van der Waals surface area contributed by atoms with Gasteiger partial charge in [-0.05, 0) is 32.8 Å². The minimum Gasteiger partial charge on any atom is -0.303 e. The van der Waals surface area contributed by atoms with Crippen LogP contribution in [0.15, 0.2) is 30.3 Å². The van der Waals surface area contributed by atoms with Crippen LogP contribution in [0.5, 0.6) is 0 Å². The summed E-state index contributed by atoms with van der Waals surface area (Å²) >= 11 is 0. The van der Waals surface area contributed by atoms with Crippen LogP contribution in [0.1, 0.15) is 32.8 Å². The van der Waals surface area contributed by atoms with Crippen LogP contribution in [0.25, 0.3) is 0 Å². The van der Waals surface area contributed by atoms with E-state index in [-0.39, 0.29) is 36.4 Å². The topological polar surface area (TPSA) is 49.4 Å². The second-order valence-corrected chi connectivity index (χ2v) is 5.71. The summed E-state index contributed by atoms with van der Waals surface area (Å²) < 4.78 is 0. The summed E-state index contributed by atoms with van der Waals surface area (Å²) in [5, 5.41) is 3.28. The fourth-order valence-electron chi connectivity index (χ4n) is 2.69. The van der Waals surface area contributed by atoms with E-state index in [9.17, 15) is 9.59 Å². The largest absolute Gasteiger partial charge is 0.303 e. The molecule has 1 aromatic rings. The summed E-state index contributed by atoms with van der Waals surface area (Å²) in [5.74, 6) is -0.167. The number of hydrogen-bond donors (Lipinski definition) is 1. The smallest absolute Gasteiger partial charge is 0.247 e. The zero-order valence-electron chi connectivity index (χ0n) is 12.3. The summed E-state index contributed by atoms with van der Waals surface area (Å²) in [5.41, 5.74) is 1.23. The molecule has 2 unspecified atom stereocenters. The monoisotopic (exact) mass is 274 g/mol. The molecular weight excluding hydrogens is 252 g/mol. The molecule has 1 aromatic carbocycles. The van der Waals surface area contributed by atoms with Crippen molar-refractivity contribution in [2.45, 2.75) is 51.7 Å². The van der Waals surface area contributed by atoms with Crippen LogP contribution < -0.4 is 5.32 Å². The fraction of sp³-hybridized carbons (Fsp3) is 0.500. The first-order chi connectivity index (χ1) is 9.49. The highest BCUT2D eigenvalue weighted by Gasteiger charge is 2.40. The number of carbonyl (C=O) groups excluding carboxylic acids is 2. The van der Waals surface area contributed by atoms with Gasteiger partial charge >= 0.3 is 0 Å². The second-order valence-electron chi connectivity index (χ2n) is 5.71. The van der Waals surface area contributed by atoms with Crippen molar-refractivity contribution in [2.24, 2.45) is 0 Å². The lowest BCUT2D eigenvalue weighted by molar-refractivity contribution is -0.140. The Hall–Kier alpha value is -1.68. The van der Waals surface area contributed by atoms with Gasteiger partial charge in [0.1, 0.15) is 0 Å². The number of nitrogens with zero attached hydrogens (tertiary/aromatic N) is 1. The summed E-state index contributed by atoms with van der Waals surface area (Å²) in [6, 6.07) is 9.86. The molecule has 0 aliphatic carbocycles. The quantitative estimate of drug-likeness (QED) is 0.832. The number of carbonyl (C=O) groups is 2. The molecule has 2 atom stereocenters. The van der Waals surface area contributed by atoms with Gasteiger partial charge in [-0.15, -0.1) is 0 Å². The highest BCUT2D eigenvalue weighted by atomic mass is 16.2. The van der Waals surface area contributed by atoms with Gasteiger partial charge in [-0.3, -0.25) is 14.5 Å². The van der Waals surface area contributed by atoms with E-state index in [1.54, 1.807) is 0 Å². The standard InChI is InChI=1S/C16H22N2O2/c1-11(2)18-15(19)10-14(16(18)20)17-12(3)9-13-7-5-4-6-8-13/h4-8,11-12,14,17H,9-10H2,1-3H3. The lowest BCUT2D eigenvalue weighted by atomic mass is 10.1. The van der Waals surface area contributed by atoms with Gasteiger partial charge in [-0.25, -0.2) is 0 Å². The highest BCUT2D eigenvalue weighted by molar-refractivity contribution is 6.05. The van der Waals surface area contributed by atoms with Gasteiger partial charge in [-0.1, -0.05) is 30.3 Å². The lowest BCUT2D eigenvalue weighted by Gasteiger charge is -2.21. The summed E-state index contributed by atoms with van der Waals surface area (Å²) in [6.45, 7) is 5.78. The molecule has 1 N–H and O–H groups in total. The van der Waals surface area contributed by atoms with E-state index in [1.807, 2.05) is 39.0 Å². The average molecular weight is 274 g/mol. The number of amides is 2. The first-order valence-electron chi connectivity index (χ1n) is 7.15. The molecule has 0 radical (unpaired) electrons. The van der Waals surface area contributed by atoms with Crippen molar-refractivity contribution in [1.82, 2.24) is 10.2 Å². The third kappa shape index (κ3) is 3.25. The molecule has 2 amide bonds. The van der Waals surface area contributed by atoms with Crippen LogP contribution in [0.3, 0.4) is 0 Å². The Balaban J connectivity index is 1.94. The third-order valence-corrected chi connectivity index (χ3v) is 3.57. The first-order valence-corrected chi connectivity index (χ1v) is 7.15. The predicted molar refractivity (Wildman–Crippen MR) is 78.1 cm³/mol. The molecule has 1 heterocycles. The van der Waals surface area contributed by atoms with Crippen molar-refractivity contribution in [3.05, 3.63) is 35.9 Å². The van der Waals surface area contributed by atoms with Crippen LogP contribution in [0.2, 0.25) is 0 Å². The SMILES string of the molecule is CC(Cc1ccccc1)NC1CC(=O)N(C(C)C)C1=O. The fourth-order valence-corrected chi connectivity index (χ4v) is 2.69. The second kappa shape index (κ2) is 6.18. The Morgan fingerprint density at radius 3 is 2.40 bits per heavy atom. The summed E-state index contributed by atoms with van der Waals surface area (Å²) in [7, 11) is 0. The number of likely N-dealkylation sites (tertiary alicyclic amines) is 1. The number of nitrogens with one attached hydrogen (secondary N) is 1. The Bertz CT molecular complexity index is 485. The van der Waals surface area contributed by atoms with Crippen LogP contribution in [0, 0.1) is 0 Å². The molecule has 108 valence electrons. The molecule has 1 saturated heterocycles. The maximum atomic E-state index is 12.2. The van der Waals surface area contributed by atoms with Crippen molar-refractivity contribution < 1.29 is 9.59 Å². The average Bonchev–Trinajstić information content (AvgIpc) is 2.65. The Morgan fingerprint density at radius 2 is 1.85 bits per heavy atom. The first kappa shape index (κ1) is 14.7. The molecule has 0 saturated carbocycles. The van der Waals surface area contributed by atoms with Crippen LogP contribution in [-0.4, -0.2) is 34.8 Å². The van der Waals surface area contributed by atoms with E-state index < -0.39 is 0 Å². The molecule has 1 fully saturated rings. The van der Waals surface area contributed by atoms with Gasteiger partial charge in [0.05, 0.1) is 12.5 Å². The number of imide groups is 1. The zero-order chi connectivity index (χ0) is 14.7. The number of hydrogen-bond acceptors (Lipinski definition) is 3. The molecule has 1 aliphatic rings.